The van der Waals surface area contributed by atoms with Gasteiger partial charge in [-0.15, -0.1) is 17.0 Å². The van der Waals surface area contributed by atoms with Gasteiger partial charge in [0.15, 0.2) is 0 Å². The van der Waals surface area contributed by atoms with E-state index in [0.717, 1.165) is 12.8 Å². The van der Waals surface area contributed by atoms with Crippen molar-refractivity contribution in [1.82, 2.24) is 5.32 Å². The van der Waals surface area contributed by atoms with Crippen LogP contribution in [0.3, 0.4) is 0 Å². The molecular weight excluding hydrogens is 334 g/mol. The van der Waals surface area contributed by atoms with Crippen LogP contribution in [0.25, 0.3) is 0 Å². The molecule has 1 rings (SSSR count). The molecule has 1 saturated carbocycles. The van der Waals surface area contributed by atoms with Crippen molar-refractivity contribution in [2.75, 3.05) is 0 Å². The van der Waals surface area contributed by atoms with Gasteiger partial charge in [0.05, 0.1) is 0 Å². The Balaban J connectivity index is 2.87. The third-order valence-corrected chi connectivity index (χ3v) is 6.03. The summed E-state index contributed by atoms with van der Waals surface area (Å²) in [4.78, 5) is -0.407. The molecule has 0 aromatic rings. The molecule has 0 heterocycles. The fourth-order valence-corrected chi connectivity index (χ4v) is 4.07. The number of nitrogens with one attached hydrogen (secondary N) is 1. The average Bonchev–Trinajstić information content (AvgIpc) is 2.45. The smallest absolute Gasteiger partial charge is 0.131 e. The zero-order chi connectivity index (χ0) is 17.6. The Labute approximate surface area is 151 Å². The van der Waals surface area contributed by atoms with Crippen LogP contribution in [0.2, 0.25) is 39.3 Å². The van der Waals surface area contributed by atoms with Gasteiger partial charge in [0.1, 0.15) is 21.1 Å². The minimum Gasteiger partial charge on any atom is -0.327 e. The van der Waals surface area contributed by atoms with Gasteiger partial charge < -0.3 is 5.32 Å². The SMILES string of the molecule is C[Si](C)(C)C#CNC1(Cl)CCCCCCC(C#C[Si](C)(C)C)C1. The van der Waals surface area contributed by atoms with Gasteiger partial charge in [0.25, 0.3) is 0 Å². The summed E-state index contributed by atoms with van der Waals surface area (Å²) in [5.74, 6) is 3.97. The van der Waals surface area contributed by atoms with E-state index in [-0.39, 0.29) is 0 Å². The topological polar surface area (TPSA) is 12.0 Å². The zero-order valence-corrected chi connectivity index (χ0v) is 18.7. The van der Waals surface area contributed by atoms with E-state index in [4.69, 9.17) is 11.6 Å². The summed E-state index contributed by atoms with van der Waals surface area (Å²) in [5.41, 5.74) is 6.93. The Morgan fingerprint density at radius 2 is 1.52 bits per heavy atom. The van der Waals surface area contributed by atoms with Crippen molar-refractivity contribution in [2.24, 2.45) is 5.92 Å². The van der Waals surface area contributed by atoms with Gasteiger partial charge in [-0.25, -0.2) is 0 Å². The van der Waals surface area contributed by atoms with Crippen LogP contribution in [0.4, 0.5) is 0 Å². The highest BCUT2D eigenvalue weighted by Crippen LogP contribution is 2.32. The Bertz CT molecular complexity index is 496. The molecule has 0 bridgehead atoms. The summed E-state index contributed by atoms with van der Waals surface area (Å²) in [6, 6.07) is 3.19. The molecule has 2 atom stereocenters. The van der Waals surface area contributed by atoms with Crippen LogP contribution in [-0.2, 0) is 0 Å². The van der Waals surface area contributed by atoms with Crippen LogP contribution < -0.4 is 5.32 Å². The van der Waals surface area contributed by atoms with Crippen LogP contribution in [0.1, 0.15) is 44.9 Å². The van der Waals surface area contributed by atoms with Crippen LogP contribution in [-0.4, -0.2) is 21.1 Å². The van der Waals surface area contributed by atoms with E-state index in [1.165, 1.54) is 32.1 Å². The molecule has 130 valence electrons. The quantitative estimate of drug-likeness (QED) is 0.209. The number of alkyl halides is 1. The van der Waals surface area contributed by atoms with E-state index < -0.39 is 21.1 Å². The molecular formula is C19H34ClNSi2. The van der Waals surface area contributed by atoms with Crippen molar-refractivity contribution in [2.45, 2.75) is 89.2 Å². The first-order chi connectivity index (χ1) is 10.5. The first kappa shape index (κ1) is 20.7. The second-order valence-corrected chi connectivity index (χ2v) is 19.2. The summed E-state index contributed by atoms with van der Waals surface area (Å²) in [6.07, 6.45) is 8.10. The molecule has 23 heavy (non-hydrogen) atoms. The number of halogens is 1. The summed E-state index contributed by atoms with van der Waals surface area (Å²) in [7, 11) is -2.70. The van der Waals surface area contributed by atoms with Crippen molar-refractivity contribution >= 4 is 27.7 Å². The lowest BCUT2D eigenvalue weighted by Gasteiger charge is -2.28. The molecule has 0 saturated heterocycles. The lowest BCUT2D eigenvalue weighted by molar-refractivity contribution is 0.394. The molecule has 1 fully saturated rings. The van der Waals surface area contributed by atoms with E-state index in [0.29, 0.717) is 5.92 Å². The van der Waals surface area contributed by atoms with Crippen LogP contribution >= 0.6 is 11.6 Å². The molecule has 0 spiro atoms. The predicted octanol–water partition coefficient (Wildman–Crippen LogP) is 5.59. The van der Waals surface area contributed by atoms with Gasteiger partial charge in [0.2, 0.25) is 0 Å². The van der Waals surface area contributed by atoms with Gasteiger partial charge >= 0.3 is 0 Å². The first-order valence-corrected chi connectivity index (χ1v) is 16.4. The molecule has 2 unspecified atom stereocenters. The molecule has 0 aliphatic heterocycles. The third-order valence-electron chi connectivity index (χ3n) is 3.82. The standard InChI is InChI=1S/C19H34ClNSi2/c1-22(2,3)15-12-18-11-9-7-8-10-13-19(20,17-18)21-14-16-23(4,5)6/h18,21H,7-11,13,17H2,1-6H3. The Morgan fingerprint density at radius 1 is 0.913 bits per heavy atom. The van der Waals surface area contributed by atoms with E-state index in [2.05, 4.69) is 67.7 Å². The molecule has 1 aliphatic rings. The fraction of sp³-hybridized carbons (Fsp3) is 0.789. The molecule has 0 radical (unpaired) electrons. The Morgan fingerprint density at radius 3 is 2.13 bits per heavy atom. The number of rotatable bonds is 1. The minimum absolute atomic E-state index is 0.401. The van der Waals surface area contributed by atoms with Crippen molar-refractivity contribution in [1.29, 1.82) is 0 Å². The predicted molar refractivity (Wildman–Crippen MR) is 110 cm³/mol. The molecule has 1 nitrogen and oxygen atoms in total. The van der Waals surface area contributed by atoms with Crippen molar-refractivity contribution in [3.8, 4) is 23.1 Å². The molecule has 0 amide bonds. The average molecular weight is 368 g/mol. The Hall–Kier alpha value is -0.356. The summed E-state index contributed by atoms with van der Waals surface area (Å²) >= 11 is 6.94. The molecule has 4 heteroatoms. The molecule has 0 aromatic carbocycles. The zero-order valence-electron chi connectivity index (χ0n) is 15.9. The van der Waals surface area contributed by atoms with Crippen molar-refractivity contribution in [3.63, 3.8) is 0 Å². The highest BCUT2D eigenvalue weighted by molar-refractivity contribution is 6.84. The summed E-state index contributed by atoms with van der Waals surface area (Å²) < 4.78 is 0. The third kappa shape index (κ3) is 10.2. The van der Waals surface area contributed by atoms with Crippen LogP contribution in [0, 0.1) is 29.0 Å². The Kier molecular flexibility index (Phi) is 7.79. The van der Waals surface area contributed by atoms with Crippen LogP contribution in [0.5, 0.6) is 0 Å². The molecule has 0 aromatic heterocycles. The normalized spacial score (nSPS) is 26.5. The largest absolute Gasteiger partial charge is 0.327 e. The highest BCUT2D eigenvalue weighted by Gasteiger charge is 2.30. The fourth-order valence-electron chi connectivity index (χ4n) is 2.63. The van der Waals surface area contributed by atoms with Gasteiger partial charge in [-0.2, -0.15) is 0 Å². The lowest BCUT2D eigenvalue weighted by atomic mass is 9.94. The van der Waals surface area contributed by atoms with Gasteiger partial charge in [-0.05, 0) is 31.7 Å². The monoisotopic (exact) mass is 367 g/mol. The molecule has 1 aliphatic carbocycles. The van der Waals surface area contributed by atoms with Crippen molar-refractivity contribution < 1.29 is 0 Å². The second kappa shape index (κ2) is 8.66. The lowest BCUT2D eigenvalue weighted by Crippen LogP contribution is -2.39. The maximum absolute atomic E-state index is 6.94. The summed E-state index contributed by atoms with van der Waals surface area (Å²) in [6.45, 7) is 13.7. The maximum atomic E-state index is 6.94. The van der Waals surface area contributed by atoms with Crippen molar-refractivity contribution in [3.05, 3.63) is 0 Å². The van der Waals surface area contributed by atoms with E-state index in [9.17, 15) is 0 Å². The van der Waals surface area contributed by atoms with Gasteiger partial charge in [0, 0.05) is 5.92 Å². The number of hydrogen-bond donors (Lipinski definition) is 1. The maximum Gasteiger partial charge on any atom is 0.131 e. The minimum atomic E-state index is -1.37. The second-order valence-electron chi connectivity index (χ2n) is 8.96. The number of hydrogen-bond acceptors (Lipinski definition) is 1. The highest BCUT2D eigenvalue weighted by atomic mass is 35.5. The molecule has 1 N–H and O–H groups in total. The first-order valence-electron chi connectivity index (χ1n) is 9.00. The van der Waals surface area contributed by atoms with Crippen LogP contribution in [0.15, 0.2) is 0 Å². The summed E-state index contributed by atoms with van der Waals surface area (Å²) in [5, 5.41) is 3.36. The van der Waals surface area contributed by atoms with Gasteiger partial charge in [-0.1, -0.05) is 70.1 Å². The van der Waals surface area contributed by atoms with E-state index in [1.807, 2.05) is 0 Å². The van der Waals surface area contributed by atoms with Gasteiger partial charge in [-0.3, -0.25) is 0 Å². The van der Waals surface area contributed by atoms with E-state index in [1.54, 1.807) is 0 Å². The van der Waals surface area contributed by atoms with E-state index >= 15 is 0 Å².